The van der Waals surface area contributed by atoms with Crippen molar-refractivity contribution in [1.82, 2.24) is 0 Å². The summed E-state index contributed by atoms with van der Waals surface area (Å²) in [5.74, 6) is -3.22. The van der Waals surface area contributed by atoms with Crippen molar-refractivity contribution < 1.29 is 19.1 Å². The van der Waals surface area contributed by atoms with Gasteiger partial charge < -0.3 is 4.74 Å². The number of carbonyl (C=O) groups excluding carboxylic acids is 3. The van der Waals surface area contributed by atoms with E-state index in [1.165, 1.54) is 7.11 Å². The first kappa shape index (κ1) is 18.0. The van der Waals surface area contributed by atoms with Crippen LogP contribution in [0.5, 0.6) is 0 Å². The number of ketones is 2. The average molecular weight is 466 g/mol. The Labute approximate surface area is 161 Å². The Morgan fingerprint density at radius 2 is 1.36 bits per heavy atom. The number of carbonyl (C=O) groups is 3. The second kappa shape index (κ2) is 7.22. The first-order valence-corrected chi connectivity index (χ1v) is 9.20. The van der Waals surface area contributed by atoms with Gasteiger partial charge in [0.2, 0.25) is 5.78 Å². The molecular weight excluding hydrogens is 452 g/mol. The fraction of sp³-hybridized carbons (Fsp3) is 0.211. The van der Waals surface area contributed by atoms with Gasteiger partial charge in [-0.2, -0.15) is 0 Å². The van der Waals surface area contributed by atoms with Gasteiger partial charge in [-0.05, 0) is 29.8 Å². The number of methoxy groups -OCH3 is 1. The SMILES string of the molecule is COC(=O)C(=O)[C@H]1[C@@H](C(=O)c2ccc(Br)cc2)[C@@H]1c1ccc(Br)cc1. The lowest BCUT2D eigenvalue weighted by Gasteiger charge is -2.01. The molecule has 0 amide bonds. The lowest BCUT2D eigenvalue weighted by atomic mass is 10.0. The molecule has 2 aromatic carbocycles. The molecule has 1 aliphatic rings. The minimum Gasteiger partial charge on any atom is -0.463 e. The van der Waals surface area contributed by atoms with Gasteiger partial charge in [-0.15, -0.1) is 0 Å². The van der Waals surface area contributed by atoms with Crippen LogP contribution in [0, 0.1) is 11.8 Å². The molecule has 3 rings (SSSR count). The molecule has 0 spiro atoms. The summed E-state index contributed by atoms with van der Waals surface area (Å²) in [5.41, 5.74) is 1.39. The Morgan fingerprint density at radius 1 is 0.840 bits per heavy atom. The number of Topliss-reactive ketones (excluding diaryl/α,β-unsaturated/α-hetero) is 2. The van der Waals surface area contributed by atoms with Gasteiger partial charge >= 0.3 is 5.97 Å². The molecule has 1 fully saturated rings. The fourth-order valence-corrected chi connectivity index (χ4v) is 3.63. The van der Waals surface area contributed by atoms with Gasteiger partial charge in [0.25, 0.3) is 0 Å². The van der Waals surface area contributed by atoms with Crippen molar-refractivity contribution in [2.24, 2.45) is 11.8 Å². The van der Waals surface area contributed by atoms with Crippen LogP contribution < -0.4 is 0 Å². The van der Waals surface area contributed by atoms with E-state index in [0.717, 1.165) is 14.5 Å². The molecule has 0 N–H and O–H groups in total. The molecule has 128 valence electrons. The predicted octanol–water partition coefficient (Wildman–Crippen LogP) is 4.17. The van der Waals surface area contributed by atoms with E-state index in [2.05, 4.69) is 36.6 Å². The van der Waals surface area contributed by atoms with Crippen LogP contribution in [-0.2, 0) is 14.3 Å². The van der Waals surface area contributed by atoms with Crippen molar-refractivity contribution >= 4 is 49.4 Å². The maximum absolute atomic E-state index is 12.9. The first-order chi connectivity index (χ1) is 11.9. The van der Waals surface area contributed by atoms with E-state index in [0.29, 0.717) is 5.56 Å². The summed E-state index contributed by atoms with van der Waals surface area (Å²) < 4.78 is 6.33. The molecule has 0 bridgehead atoms. The number of hydrogen-bond acceptors (Lipinski definition) is 4. The topological polar surface area (TPSA) is 60.4 Å². The van der Waals surface area contributed by atoms with Crippen molar-refractivity contribution in [3.8, 4) is 0 Å². The van der Waals surface area contributed by atoms with Crippen LogP contribution in [0.2, 0.25) is 0 Å². The minimum absolute atomic E-state index is 0.136. The van der Waals surface area contributed by atoms with Gasteiger partial charge in [-0.3, -0.25) is 9.59 Å². The molecule has 4 nitrogen and oxygen atoms in total. The molecule has 1 saturated carbocycles. The molecule has 2 aromatic rings. The Bertz CT molecular complexity index is 828. The molecule has 0 heterocycles. The number of rotatable bonds is 5. The Kier molecular flexibility index (Phi) is 5.20. The smallest absolute Gasteiger partial charge is 0.374 e. The van der Waals surface area contributed by atoms with E-state index in [4.69, 9.17) is 0 Å². The largest absolute Gasteiger partial charge is 0.463 e. The van der Waals surface area contributed by atoms with Crippen molar-refractivity contribution in [1.29, 1.82) is 0 Å². The minimum atomic E-state index is -0.904. The zero-order valence-electron chi connectivity index (χ0n) is 13.2. The van der Waals surface area contributed by atoms with Gasteiger partial charge in [-0.1, -0.05) is 56.1 Å². The first-order valence-electron chi connectivity index (χ1n) is 7.61. The normalized spacial score (nSPS) is 21.5. The number of ether oxygens (including phenoxy) is 1. The molecular formula is C19H14Br2O4. The van der Waals surface area contributed by atoms with Crippen molar-refractivity contribution in [3.63, 3.8) is 0 Å². The molecule has 0 aromatic heterocycles. The van der Waals surface area contributed by atoms with Crippen LogP contribution in [0.25, 0.3) is 0 Å². The number of benzene rings is 2. The molecule has 25 heavy (non-hydrogen) atoms. The standard InChI is InChI=1S/C19H14Br2O4/c1-25-19(24)18(23)16-14(10-2-6-12(20)7-3-10)15(16)17(22)11-4-8-13(21)9-5-11/h2-9,14-16H,1H3/t14-,15-,16+/m0/s1. The van der Waals surface area contributed by atoms with Crippen LogP contribution in [0.4, 0.5) is 0 Å². The second-order valence-electron chi connectivity index (χ2n) is 5.86. The van der Waals surface area contributed by atoms with Crippen LogP contribution in [0.1, 0.15) is 21.8 Å². The summed E-state index contributed by atoms with van der Waals surface area (Å²) in [7, 11) is 1.17. The van der Waals surface area contributed by atoms with Gasteiger partial charge in [0.15, 0.2) is 5.78 Å². The van der Waals surface area contributed by atoms with E-state index >= 15 is 0 Å². The molecule has 6 heteroatoms. The molecule has 0 radical (unpaired) electrons. The summed E-state index contributed by atoms with van der Waals surface area (Å²) in [6.07, 6.45) is 0. The monoisotopic (exact) mass is 464 g/mol. The summed E-state index contributed by atoms with van der Waals surface area (Å²) in [4.78, 5) is 36.9. The maximum Gasteiger partial charge on any atom is 0.374 e. The molecule has 3 atom stereocenters. The summed E-state index contributed by atoms with van der Waals surface area (Å²) in [6, 6.07) is 14.4. The number of esters is 1. The second-order valence-corrected chi connectivity index (χ2v) is 7.69. The highest BCUT2D eigenvalue weighted by Gasteiger charge is 2.60. The summed E-state index contributed by atoms with van der Waals surface area (Å²) in [5, 5.41) is 0. The fourth-order valence-electron chi connectivity index (χ4n) is 3.11. The maximum atomic E-state index is 12.9. The summed E-state index contributed by atoms with van der Waals surface area (Å²) in [6.45, 7) is 0. The van der Waals surface area contributed by atoms with Crippen LogP contribution in [-0.4, -0.2) is 24.6 Å². The van der Waals surface area contributed by atoms with Gasteiger partial charge in [-0.25, -0.2) is 4.79 Å². The molecule has 1 aliphatic carbocycles. The van der Waals surface area contributed by atoms with Crippen LogP contribution >= 0.6 is 31.9 Å². The van der Waals surface area contributed by atoms with Crippen LogP contribution in [0.3, 0.4) is 0 Å². The Hall–Kier alpha value is -1.79. The highest BCUT2D eigenvalue weighted by atomic mass is 79.9. The van der Waals surface area contributed by atoms with Crippen molar-refractivity contribution in [2.45, 2.75) is 5.92 Å². The highest BCUT2D eigenvalue weighted by Crippen LogP contribution is 2.56. The highest BCUT2D eigenvalue weighted by molar-refractivity contribution is 9.10. The molecule has 0 saturated heterocycles. The van der Waals surface area contributed by atoms with E-state index < -0.39 is 23.6 Å². The third-order valence-electron chi connectivity index (χ3n) is 4.40. The average Bonchev–Trinajstić information content (AvgIpc) is 3.36. The Morgan fingerprint density at radius 3 is 1.88 bits per heavy atom. The van der Waals surface area contributed by atoms with E-state index in [1.807, 2.05) is 24.3 Å². The Balaban J connectivity index is 1.92. The molecule has 0 aliphatic heterocycles. The number of hydrogen-bond donors (Lipinski definition) is 0. The lowest BCUT2D eigenvalue weighted by molar-refractivity contribution is -0.152. The van der Waals surface area contributed by atoms with E-state index in [1.54, 1.807) is 24.3 Å². The van der Waals surface area contributed by atoms with Gasteiger partial charge in [0, 0.05) is 32.3 Å². The van der Waals surface area contributed by atoms with Crippen LogP contribution in [0.15, 0.2) is 57.5 Å². The zero-order valence-corrected chi connectivity index (χ0v) is 16.4. The van der Waals surface area contributed by atoms with Gasteiger partial charge in [0.05, 0.1) is 7.11 Å². The third-order valence-corrected chi connectivity index (χ3v) is 5.45. The van der Waals surface area contributed by atoms with E-state index in [-0.39, 0.29) is 11.7 Å². The summed E-state index contributed by atoms with van der Waals surface area (Å²) >= 11 is 6.70. The molecule has 0 unspecified atom stereocenters. The van der Waals surface area contributed by atoms with E-state index in [9.17, 15) is 14.4 Å². The quantitative estimate of drug-likeness (QED) is 0.377. The lowest BCUT2D eigenvalue weighted by Crippen LogP contribution is -2.20. The predicted molar refractivity (Wildman–Crippen MR) is 99.4 cm³/mol. The van der Waals surface area contributed by atoms with Crippen molar-refractivity contribution in [2.75, 3.05) is 7.11 Å². The third kappa shape index (κ3) is 3.60. The number of halogens is 2. The zero-order chi connectivity index (χ0) is 18.1. The van der Waals surface area contributed by atoms with Crippen molar-refractivity contribution in [3.05, 3.63) is 68.6 Å². The van der Waals surface area contributed by atoms with Gasteiger partial charge in [0.1, 0.15) is 0 Å².